The summed E-state index contributed by atoms with van der Waals surface area (Å²) in [5, 5.41) is 2.71. The summed E-state index contributed by atoms with van der Waals surface area (Å²) >= 11 is 0. The fourth-order valence-electron chi connectivity index (χ4n) is 2.69. The number of sulfonamides is 1. The van der Waals surface area contributed by atoms with Crippen LogP contribution in [0.4, 0.5) is 11.4 Å². The smallest absolute Gasteiger partial charge is 0.248 e. The third-order valence-corrected chi connectivity index (χ3v) is 5.32. The molecule has 0 spiro atoms. The number of ether oxygens (including phenoxy) is 3. The third kappa shape index (κ3) is 4.86. The quantitative estimate of drug-likeness (QED) is 0.721. The molecule has 0 aromatic heterocycles. The number of hydrogen-bond donors (Lipinski definition) is 1. The number of benzene rings is 2. The van der Waals surface area contributed by atoms with Crippen molar-refractivity contribution in [3.8, 4) is 17.2 Å². The Balaban J connectivity index is 2.34. The minimum atomic E-state index is -3.73. The van der Waals surface area contributed by atoms with Crippen LogP contribution in [0.25, 0.3) is 0 Å². The van der Waals surface area contributed by atoms with Gasteiger partial charge in [0.25, 0.3) is 0 Å². The second-order valence-electron chi connectivity index (χ2n) is 5.99. The van der Waals surface area contributed by atoms with Gasteiger partial charge in [-0.1, -0.05) is 0 Å². The van der Waals surface area contributed by atoms with Crippen LogP contribution in [0.2, 0.25) is 0 Å². The molecule has 28 heavy (non-hydrogen) atoms. The van der Waals surface area contributed by atoms with Gasteiger partial charge < -0.3 is 19.5 Å². The van der Waals surface area contributed by atoms with Gasteiger partial charge in [0.15, 0.2) is 0 Å². The SMILES string of the molecule is COc1ccc(N([C@H](C)C(=O)Nc2cc(OC)ccc2OC)S(C)(=O)=O)cc1. The topological polar surface area (TPSA) is 94.2 Å². The van der Waals surface area contributed by atoms with Gasteiger partial charge in [0.1, 0.15) is 23.3 Å². The van der Waals surface area contributed by atoms with Gasteiger partial charge in [0, 0.05) is 6.07 Å². The highest BCUT2D eigenvalue weighted by Gasteiger charge is 2.29. The fourth-order valence-corrected chi connectivity index (χ4v) is 3.86. The van der Waals surface area contributed by atoms with E-state index in [1.807, 2.05) is 0 Å². The number of nitrogens with zero attached hydrogens (tertiary/aromatic N) is 1. The molecule has 2 aromatic rings. The lowest BCUT2D eigenvalue weighted by atomic mass is 10.2. The monoisotopic (exact) mass is 408 g/mol. The molecule has 0 aliphatic heterocycles. The molecule has 0 saturated heterocycles. The number of amides is 1. The first-order chi connectivity index (χ1) is 13.2. The van der Waals surface area contributed by atoms with Crippen LogP contribution < -0.4 is 23.8 Å². The molecule has 2 rings (SSSR count). The fraction of sp³-hybridized carbons (Fsp3) is 0.316. The second-order valence-corrected chi connectivity index (χ2v) is 7.85. The van der Waals surface area contributed by atoms with Crippen LogP contribution in [-0.4, -0.2) is 48.0 Å². The summed E-state index contributed by atoms with van der Waals surface area (Å²) in [6.07, 6.45) is 1.05. The number of methoxy groups -OCH3 is 3. The number of anilines is 2. The van der Waals surface area contributed by atoms with E-state index < -0.39 is 22.0 Å². The summed E-state index contributed by atoms with van der Waals surface area (Å²) in [5.41, 5.74) is 0.727. The van der Waals surface area contributed by atoms with Gasteiger partial charge in [-0.05, 0) is 43.3 Å². The van der Waals surface area contributed by atoms with Crippen LogP contribution in [0.5, 0.6) is 17.2 Å². The van der Waals surface area contributed by atoms with Gasteiger partial charge in [-0.2, -0.15) is 0 Å². The molecule has 0 aliphatic carbocycles. The van der Waals surface area contributed by atoms with Gasteiger partial charge in [0.05, 0.1) is 39.0 Å². The highest BCUT2D eigenvalue weighted by atomic mass is 32.2. The Labute approximate surface area is 165 Å². The molecule has 2 aromatic carbocycles. The van der Waals surface area contributed by atoms with E-state index in [0.717, 1.165) is 10.6 Å². The van der Waals surface area contributed by atoms with Crippen LogP contribution in [0.15, 0.2) is 42.5 Å². The summed E-state index contributed by atoms with van der Waals surface area (Å²) in [6.45, 7) is 1.51. The summed E-state index contributed by atoms with van der Waals surface area (Å²) < 4.78 is 41.3. The molecule has 0 fully saturated rings. The molecule has 0 radical (unpaired) electrons. The van der Waals surface area contributed by atoms with Crippen molar-refractivity contribution < 1.29 is 27.4 Å². The van der Waals surface area contributed by atoms with Gasteiger partial charge in [0.2, 0.25) is 15.9 Å². The molecule has 152 valence electrons. The van der Waals surface area contributed by atoms with E-state index in [-0.39, 0.29) is 0 Å². The maximum atomic E-state index is 12.8. The zero-order chi connectivity index (χ0) is 20.9. The van der Waals surface area contributed by atoms with Crippen LogP contribution in [0, 0.1) is 0 Å². The lowest BCUT2D eigenvalue weighted by Gasteiger charge is -2.28. The van der Waals surface area contributed by atoms with Crippen LogP contribution in [0.1, 0.15) is 6.92 Å². The Morgan fingerprint density at radius 3 is 2.04 bits per heavy atom. The van der Waals surface area contributed by atoms with E-state index in [0.29, 0.717) is 28.6 Å². The lowest BCUT2D eigenvalue weighted by Crippen LogP contribution is -2.45. The average Bonchev–Trinajstić information content (AvgIpc) is 2.67. The highest BCUT2D eigenvalue weighted by molar-refractivity contribution is 7.92. The Morgan fingerprint density at radius 1 is 0.964 bits per heavy atom. The van der Waals surface area contributed by atoms with Crippen molar-refractivity contribution in [2.45, 2.75) is 13.0 Å². The van der Waals surface area contributed by atoms with Crippen molar-refractivity contribution in [1.29, 1.82) is 0 Å². The predicted octanol–water partition coefficient (Wildman–Crippen LogP) is 2.51. The van der Waals surface area contributed by atoms with Gasteiger partial charge in [-0.3, -0.25) is 9.10 Å². The van der Waals surface area contributed by atoms with Crippen molar-refractivity contribution in [3.63, 3.8) is 0 Å². The number of nitrogens with one attached hydrogen (secondary N) is 1. The molecule has 1 atom stereocenters. The normalized spacial score (nSPS) is 12.0. The Morgan fingerprint density at radius 2 is 1.54 bits per heavy atom. The van der Waals surface area contributed by atoms with E-state index in [4.69, 9.17) is 14.2 Å². The van der Waals surface area contributed by atoms with Crippen LogP contribution >= 0.6 is 0 Å². The van der Waals surface area contributed by atoms with Crippen molar-refractivity contribution in [2.24, 2.45) is 0 Å². The van der Waals surface area contributed by atoms with Gasteiger partial charge >= 0.3 is 0 Å². The first kappa shape index (κ1) is 21.4. The highest BCUT2D eigenvalue weighted by Crippen LogP contribution is 2.30. The van der Waals surface area contributed by atoms with E-state index in [9.17, 15) is 13.2 Å². The molecule has 1 N–H and O–H groups in total. The predicted molar refractivity (Wildman–Crippen MR) is 108 cm³/mol. The van der Waals surface area contributed by atoms with Crippen LogP contribution in [0.3, 0.4) is 0 Å². The molecule has 0 aliphatic rings. The number of carbonyl (C=O) groups is 1. The van der Waals surface area contributed by atoms with Gasteiger partial charge in [-0.25, -0.2) is 8.42 Å². The van der Waals surface area contributed by atoms with E-state index in [1.54, 1.807) is 42.5 Å². The molecule has 8 nitrogen and oxygen atoms in total. The minimum absolute atomic E-state index is 0.351. The van der Waals surface area contributed by atoms with Crippen molar-refractivity contribution >= 4 is 27.3 Å². The maximum Gasteiger partial charge on any atom is 0.248 e. The van der Waals surface area contributed by atoms with E-state index >= 15 is 0 Å². The van der Waals surface area contributed by atoms with Crippen LogP contribution in [-0.2, 0) is 14.8 Å². The molecule has 1 amide bonds. The summed E-state index contributed by atoms with van der Waals surface area (Å²) in [7, 11) is 0.766. The number of carbonyl (C=O) groups excluding carboxylic acids is 1. The molecular weight excluding hydrogens is 384 g/mol. The Hall–Kier alpha value is -2.94. The largest absolute Gasteiger partial charge is 0.497 e. The molecule has 0 unspecified atom stereocenters. The van der Waals surface area contributed by atoms with Crippen molar-refractivity contribution in [3.05, 3.63) is 42.5 Å². The molecule has 0 bridgehead atoms. The molecule has 0 saturated carbocycles. The zero-order valence-electron chi connectivity index (χ0n) is 16.4. The summed E-state index contributed by atoms with van der Waals surface area (Å²) in [4.78, 5) is 12.8. The standard InChI is InChI=1S/C19H24N2O6S/c1-13(19(22)20-17-12-16(26-3)10-11-18(17)27-4)21(28(5,23)24)14-6-8-15(25-2)9-7-14/h6-13H,1-5H3,(H,20,22)/t13-/m1/s1. The van der Waals surface area contributed by atoms with Gasteiger partial charge in [-0.15, -0.1) is 0 Å². The number of hydrogen-bond acceptors (Lipinski definition) is 6. The molecule has 9 heteroatoms. The molecule has 0 heterocycles. The average molecular weight is 408 g/mol. The first-order valence-corrected chi connectivity index (χ1v) is 10.2. The van der Waals surface area contributed by atoms with E-state index in [2.05, 4.69) is 5.32 Å². The second kappa shape index (κ2) is 8.83. The summed E-state index contributed by atoms with van der Waals surface area (Å²) in [5.74, 6) is 1.01. The Bertz CT molecular complexity index is 928. The minimum Gasteiger partial charge on any atom is -0.497 e. The first-order valence-electron chi connectivity index (χ1n) is 8.37. The number of rotatable bonds is 8. The lowest BCUT2D eigenvalue weighted by molar-refractivity contribution is -0.116. The van der Waals surface area contributed by atoms with Crippen molar-refractivity contribution in [2.75, 3.05) is 37.2 Å². The Kier molecular flexibility index (Phi) is 6.74. The van der Waals surface area contributed by atoms with Crippen molar-refractivity contribution in [1.82, 2.24) is 0 Å². The zero-order valence-corrected chi connectivity index (χ0v) is 17.2. The summed E-state index contributed by atoms with van der Waals surface area (Å²) in [6, 6.07) is 10.3. The maximum absolute atomic E-state index is 12.8. The third-order valence-electron chi connectivity index (χ3n) is 4.08. The molecular formula is C19H24N2O6S. The van der Waals surface area contributed by atoms with E-state index in [1.165, 1.54) is 28.3 Å².